The van der Waals surface area contributed by atoms with Crippen molar-refractivity contribution in [2.45, 2.75) is 0 Å². The standard InChI is InChI=1S/C9H6FIN2O/c10-6-1-2-7-8(3-6)12-4-9(13-7)14-5-11/h1-4H,5H2. The van der Waals surface area contributed by atoms with Crippen molar-refractivity contribution in [1.29, 1.82) is 0 Å². The first-order chi connectivity index (χ1) is 6.79. The van der Waals surface area contributed by atoms with Crippen LogP contribution in [0.15, 0.2) is 24.4 Å². The van der Waals surface area contributed by atoms with Crippen LogP contribution < -0.4 is 4.74 Å². The SMILES string of the molecule is Fc1ccc2nc(OCI)cnc2c1. The molecule has 5 heteroatoms. The molecule has 0 bridgehead atoms. The van der Waals surface area contributed by atoms with E-state index in [9.17, 15) is 4.39 Å². The molecule has 1 aromatic heterocycles. The van der Waals surface area contributed by atoms with Crippen LogP contribution in [0.2, 0.25) is 0 Å². The molecule has 0 saturated carbocycles. The van der Waals surface area contributed by atoms with Crippen LogP contribution in [0.4, 0.5) is 4.39 Å². The van der Waals surface area contributed by atoms with Crippen LogP contribution in [-0.2, 0) is 0 Å². The third-order valence-corrected chi connectivity index (χ3v) is 2.00. The molecule has 14 heavy (non-hydrogen) atoms. The Labute approximate surface area is 93.5 Å². The Morgan fingerprint density at radius 1 is 1.36 bits per heavy atom. The van der Waals surface area contributed by atoms with Gasteiger partial charge in [-0.3, -0.25) is 0 Å². The molecule has 0 fully saturated rings. The third kappa shape index (κ3) is 1.92. The molecule has 0 aliphatic carbocycles. The minimum absolute atomic E-state index is 0.311. The largest absolute Gasteiger partial charge is 0.466 e. The van der Waals surface area contributed by atoms with Gasteiger partial charge in [0.2, 0.25) is 5.88 Å². The van der Waals surface area contributed by atoms with Crippen molar-refractivity contribution < 1.29 is 9.13 Å². The van der Waals surface area contributed by atoms with E-state index in [1.165, 1.54) is 18.3 Å². The van der Waals surface area contributed by atoms with Crippen LogP contribution in [0, 0.1) is 5.82 Å². The molecule has 1 aromatic carbocycles. The van der Waals surface area contributed by atoms with Crippen molar-refractivity contribution in [3.05, 3.63) is 30.2 Å². The number of rotatable bonds is 2. The summed E-state index contributed by atoms with van der Waals surface area (Å²) in [6, 6.07) is 4.28. The van der Waals surface area contributed by atoms with Crippen LogP contribution in [0.3, 0.4) is 0 Å². The van der Waals surface area contributed by atoms with Gasteiger partial charge in [-0.25, -0.2) is 14.4 Å². The molecule has 1 heterocycles. The molecule has 0 aliphatic heterocycles. The Balaban J connectivity index is 2.50. The van der Waals surface area contributed by atoms with Crippen LogP contribution in [-0.4, -0.2) is 14.6 Å². The van der Waals surface area contributed by atoms with E-state index < -0.39 is 0 Å². The summed E-state index contributed by atoms with van der Waals surface area (Å²) in [4.78, 5) is 8.18. The zero-order valence-corrected chi connectivity index (χ0v) is 9.23. The average Bonchev–Trinajstić information content (AvgIpc) is 2.19. The summed E-state index contributed by atoms with van der Waals surface area (Å²) in [6.45, 7) is 0. The van der Waals surface area contributed by atoms with Gasteiger partial charge in [-0.15, -0.1) is 0 Å². The van der Waals surface area contributed by atoms with E-state index in [4.69, 9.17) is 4.74 Å². The number of hydrogen-bond acceptors (Lipinski definition) is 3. The Hall–Kier alpha value is -0.980. The number of benzene rings is 1. The van der Waals surface area contributed by atoms with Crippen LogP contribution in [0.1, 0.15) is 0 Å². The van der Waals surface area contributed by atoms with Gasteiger partial charge in [0.15, 0.2) is 0 Å². The second-order valence-corrected chi connectivity index (χ2v) is 3.22. The van der Waals surface area contributed by atoms with Gasteiger partial charge in [0.05, 0.1) is 17.2 Å². The van der Waals surface area contributed by atoms with Crippen molar-refractivity contribution in [3.63, 3.8) is 0 Å². The monoisotopic (exact) mass is 304 g/mol. The summed E-state index contributed by atoms with van der Waals surface area (Å²) < 4.78 is 18.5. The molecule has 0 saturated heterocycles. The maximum atomic E-state index is 12.8. The Morgan fingerprint density at radius 3 is 3.00 bits per heavy atom. The lowest BCUT2D eigenvalue weighted by Gasteiger charge is -2.01. The van der Waals surface area contributed by atoms with Gasteiger partial charge in [-0.1, -0.05) is 0 Å². The lowest BCUT2D eigenvalue weighted by atomic mass is 10.3. The van der Waals surface area contributed by atoms with Crippen molar-refractivity contribution in [1.82, 2.24) is 9.97 Å². The van der Waals surface area contributed by atoms with Crippen LogP contribution >= 0.6 is 22.6 Å². The van der Waals surface area contributed by atoms with E-state index >= 15 is 0 Å². The fourth-order valence-electron chi connectivity index (χ4n) is 1.09. The molecule has 72 valence electrons. The van der Waals surface area contributed by atoms with E-state index in [0.717, 1.165) is 0 Å². The minimum atomic E-state index is -0.311. The molecule has 0 N–H and O–H groups in total. The highest BCUT2D eigenvalue weighted by molar-refractivity contribution is 14.1. The summed E-state index contributed by atoms with van der Waals surface area (Å²) in [7, 11) is 0. The van der Waals surface area contributed by atoms with E-state index in [-0.39, 0.29) is 5.82 Å². The zero-order chi connectivity index (χ0) is 9.97. The van der Waals surface area contributed by atoms with Crippen LogP contribution in [0.25, 0.3) is 11.0 Å². The lowest BCUT2D eigenvalue weighted by Crippen LogP contribution is -1.93. The van der Waals surface area contributed by atoms with Gasteiger partial charge in [-0.05, 0) is 34.7 Å². The maximum Gasteiger partial charge on any atom is 0.233 e. The normalized spacial score (nSPS) is 10.4. The van der Waals surface area contributed by atoms with Gasteiger partial charge in [0.25, 0.3) is 0 Å². The second-order valence-electron chi connectivity index (χ2n) is 2.59. The molecule has 2 rings (SSSR count). The summed E-state index contributed by atoms with van der Waals surface area (Å²) >= 11 is 2.07. The van der Waals surface area contributed by atoms with Gasteiger partial charge < -0.3 is 4.74 Å². The molecule has 0 aliphatic rings. The first kappa shape index (κ1) is 9.57. The Bertz CT molecular complexity index is 464. The first-order valence-electron chi connectivity index (χ1n) is 3.90. The Kier molecular flexibility index (Phi) is 2.76. The molecule has 0 atom stereocenters. The highest BCUT2D eigenvalue weighted by Crippen LogP contribution is 2.14. The van der Waals surface area contributed by atoms with E-state index in [1.54, 1.807) is 6.07 Å². The topological polar surface area (TPSA) is 35.0 Å². The molecule has 0 radical (unpaired) electrons. The molecule has 0 unspecified atom stereocenters. The lowest BCUT2D eigenvalue weighted by molar-refractivity contribution is 0.388. The fraction of sp³-hybridized carbons (Fsp3) is 0.111. The van der Waals surface area contributed by atoms with Gasteiger partial charge in [-0.2, -0.15) is 0 Å². The number of aromatic nitrogens is 2. The second kappa shape index (κ2) is 4.04. The summed E-state index contributed by atoms with van der Waals surface area (Å²) in [5.41, 5.74) is 1.17. The average molecular weight is 304 g/mol. The molecular weight excluding hydrogens is 298 g/mol. The highest BCUT2D eigenvalue weighted by atomic mass is 127. The van der Waals surface area contributed by atoms with Crippen molar-refractivity contribution in [2.24, 2.45) is 0 Å². The number of hydrogen-bond donors (Lipinski definition) is 0. The number of nitrogens with zero attached hydrogens (tertiary/aromatic N) is 2. The Morgan fingerprint density at radius 2 is 2.21 bits per heavy atom. The summed E-state index contributed by atoms with van der Waals surface area (Å²) in [6.07, 6.45) is 1.49. The summed E-state index contributed by atoms with van der Waals surface area (Å²) in [5.74, 6) is 0.146. The van der Waals surface area contributed by atoms with Gasteiger partial charge in [0.1, 0.15) is 10.4 Å². The third-order valence-electron chi connectivity index (χ3n) is 1.68. The van der Waals surface area contributed by atoms with Gasteiger partial charge in [0, 0.05) is 6.07 Å². The first-order valence-corrected chi connectivity index (χ1v) is 5.43. The predicted molar refractivity (Wildman–Crippen MR) is 59.0 cm³/mol. The maximum absolute atomic E-state index is 12.8. The zero-order valence-electron chi connectivity index (χ0n) is 7.08. The van der Waals surface area contributed by atoms with E-state index in [1.807, 2.05) is 0 Å². The fourth-order valence-corrected chi connectivity index (χ4v) is 1.41. The number of fused-ring (bicyclic) bond motifs is 1. The molecule has 0 spiro atoms. The molecule has 2 aromatic rings. The molecule has 3 nitrogen and oxygen atoms in total. The van der Waals surface area contributed by atoms with Crippen molar-refractivity contribution in [3.8, 4) is 5.88 Å². The van der Waals surface area contributed by atoms with Crippen molar-refractivity contribution in [2.75, 3.05) is 4.61 Å². The van der Waals surface area contributed by atoms with Crippen molar-refractivity contribution >= 4 is 33.6 Å². The van der Waals surface area contributed by atoms with E-state index in [2.05, 4.69) is 32.6 Å². The number of alkyl halides is 1. The highest BCUT2D eigenvalue weighted by Gasteiger charge is 2.00. The summed E-state index contributed by atoms with van der Waals surface area (Å²) in [5, 5.41) is 0. The minimum Gasteiger partial charge on any atom is -0.466 e. The molecular formula is C9H6FIN2O. The predicted octanol–water partition coefficient (Wildman–Crippen LogP) is 2.54. The number of halogens is 2. The van der Waals surface area contributed by atoms with E-state index in [0.29, 0.717) is 21.5 Å². The quantitative estimate of drug-likeness (QED) is 0.632. The smallest absolute Gasteiger partial charge is 0.233 e. The van der Waals surface area contributed by atoms with Crippen LogP contribution in [0.5, 0.6) is 5.88 Å². The van der Waals surface area contributed by atoms with Gasteiger partial charge >= 0.3 is 0 Å². The number of ether oxygens (including phenoxy) is 1. The molecule has 0 amide bonds.